The van der Waals surface area contributed by atoms with E-state index >= 15 is 0 Å². The molecule has 0 spiro atoms. The predicted molar refractivity (Wildman–Crippen MR) is 125 cm³/mol. The lowest BCUT2D eigenvalue weighted by Gasteiger charge is -2.14. The zero-order chi connectivity index (χ0) is 22.7. The lowest BCUT2D eigenvalue weighted by atomic mass is 10.0. The van der Waals surface area contributed by atoms with Crippen LogP contribution >= 0.6 is 0 Å². The Morgan fingerprint density at radius 1 is 1.03 bits per heavy atom. The Labute approximate surface area is 186 Å². The van der Waals surface area contributed by atoms with Crippen LogP contribution in [0.2, 0.25) is 0 Å². The van der Waals surface area contributed by atoms with Crippen LogP contribution in [0.25, 0.3) is 0 Å². The summed E-state index contributed by atoms with van der Waals surface area (Å²) in [6.45, 7) is 9.85. The second-order valence-corrected chi connectivity index (χ2v) is 7.88. The molecule has 5 heteroatoms. The number of benzene rings is 2. The monoisotopic (exact) mass is 424 g/mol. The number of ether oxygens (including phenoxy) is 1. The lowest BCUT2D eigenvalue weighted by molar-refractivity contribution is -0.110. The van der Waals surface area contributed by atoms with E-state index in [-0.39, 0.29) is 11.5 Å². The average Bonchev–Trinajstić information content (AvgIpc) is 3.42. The molecule has 1 saturated heterocycles. The van der Waals surface area contributed by atoms with Gasteiger partial charge in [-0.2, -0.15) is 0 Å². The van der Waals surface area contributed by atoms with Crippen LogP contribution in [0, 0.1) is 6.92 Å². The second-order valence-electron chi connectivity index (χ2n) is 7.88. The SMILES string of the molecule is CC.COC(=O)c1ccc(C2(NC=O)CC2)cc1.Cc1ccc(CN2CCCC2)cc1. The van der Waals surface area contributed by atoms with Crippen LogP contribution < -0.4 is 5.32 Å². The molecule has 5 nitrogen and oxygen atoms in total. The minimum atomic E-state index is -0.347. The van der Waals surface area contributed by atoms with E-state index in [0.29, 0.717) is 5.56 Å². The molecule has 0 aromatic heterocycles. The molecule has 168 valence electrons. The first-order valence-electron chi connectivity index (χ1n) is 11.2. The number of aryl methyl sites for hydroxylation is 1. The van der Waals surface area contributed by atoms with Gasteiger partial charge in [0.1, 0.15) is 0 Å². The van der Waals surface area contributed by atoms with E-state index in [4.69, 9.17) is 0 Å². The van der Waals surface area contributed by atoms with E-state index < -0.39 is 0 Å². The number of methoxy groups -OCH3 is 1. The summed E-state index contributed by atoms with van der Waals surface area (Å²) in [6, 6.07) is 16.0. The molecule has 4 rings (SSSR count). The van der Waals surface area contributed by atoms with Gasteiger partial charge in [0.2, 0.25) is 6.41 Å². The van der Waals surface area contributed by atoms with Gasteiger partial charge in [0.05, 0.1) is 18.2 Å². The largest absolute Gasteiger partial charge is 0.465 e. The highest BCUT2D eigenvalue weighted by atomic mass is 16.5. The summed E-state index contributed by atoms with van der Waals surface area (Å²) in [6.07, 6.45) is 5.38. The molecule has 1 aliphatic carbocycles. The highest BCUT2D eigenvalue weighted by molar-refractivity contribution is 5.89. The minimum Gasteiger partial charge on any atom is -0.465 e. The molecular weight excluding hydrogens is 388 g/mol. The van der Waals surface area contributed by atoms with Gasteiger partial charge < -0.3 is 10.1 Å². The molecule has 1 amide bonds. The summed E-state index contributed by atoms with van der Waals surface area (Å²) in [5.41, 5.74) is 4.16. The van der Waals surface area contributed by atoms with Gasteiger partial charge in [0.25, 0.3) is 0 Å². The molecule has 0 atom stereocenters. The van der Waals surface area contributed by atoms with Gasteiger partial charge >= 0.3 is 5.97 Å². The van der Waals surface area contributed by atoms with E-state index in [0.717, 1.165) is 31.4 Å². The number of amides is 1. The first-order valence-corrected chi connectivity index (χ1v) is 11.2. The van der Waals surface area contributed by atoms with Crippen molar-refractivity contribution in [2.24, 2.45) is 0 Å². The number of likely N-dealkylation sites (tertiary alicyclic amines) is 1. The number of esters is 1. The molecule has 2 aromatic rings. The number of rotatable bonds is 6. The lowest BCUT2D eigenvalue weighted by Crippen LogP contribution is -2.27. The van der Waals surface area contributed by atoms with E-state index in [2.05, 4.69) is 46.1 Å². The number of nitrogens with zero attached hydrogens (tertiary/aromatic N) is 1. The van der Waals surface area contributed by atoms with Crippen molar-refractivity contribution in [1.29, 1.82) is 0 Å². The number of carbonyl (C=O) groups is 2. The molecular formula is C26H36N2O3. The molecule has 1 saturated carbocycles. The van der Waals surface area contributed by atoms with Crippen molar-refractivity contribution in [2.45, 2.75) is 58.5 Å². The fraction of sp³-hybridized carbons (Fsp3) is 0.462. The molecule has 2 aliphatic rings. The Hall–Kier alpha value is -2.66. The molecule has 31 heavy (non-hydrogen) atoms. The zero-order valence-electron chi connectivity index (χ0n) is 19.3. The van der Waals surface area contributed by atoms with Gasteiger partial charge in [-0.15, -0.1) is 0 Å². The highest BCUT2D eigenvalue weighted by Gasteiger charge is 2.43. The molecule has 0 unspecified atom stereocenters. The molecule has 0 radical (unpaired) electrons. The Morgan fingerprint density at radius 2 is 1.61 bits per heavy atom. The third-order valence-corrected chi connectivity index (χ3v) is 5.67. The summed E-state index contributed by atoms with van der Waals surface area (Å²) in [4.78, 5) is 24.2. The standard InChI is InChI=1S/C12H13NO3.C12H17N.C2H6/c1-16-11(15)9-2-4-10(5-3-9)12(6-7-12)13-8-14;1-11-4-6-12(7-5-11)10-13-8-2-3-9-13;1-2/h2-5,8H,6-7H2,1H3,(H,13,14);4-7H,2-3,8-10H2,1H3;1-2H3. The summed E-state index contributed by atoms with van der Waals surface area (Å²) in [7, 11) is 1.35. The highest BCUT2D eigenvalue weighted by Crippen LogP contribution is 2.45. The van der Waals surface area contributed by atoms with Gasteiger partial charge in [-0.05, 0) is 69.0 Å². The Bertz CT molecular complexity index is 806. The predicted octanol–water partition coefficient (Wildman–Crippen LogP) is 4.83. The summed E-state index contributed by atoms with van der Waals surface area (Å²) in [5.74, 6) is -0.347. The average molecular weight is 425 g/mol. The quantitative estimate of drug-likeness (QED) is 0.533. The van der Waals surface area contributed by atoms with Crippen molar-refractivity contribution in [3.63, 3.8) is 0 Å². The van der Waals surface area contributed by atoms with Crippen molar-refractivity contribution in [2.75, 3.05) is 20.2 Å². The van der Waals surface area contributed by atoms with Crippen molar-refractivity contribution in [1.82, 2.24) is 10.2 Å². The van der Waals surface area contributed by atoms with Crippen molar-refractivity contribution in [3.8, 4) is 0 Å². The number of nitrogens with one attached hydrogen (secondary N) is 1. The van der Waals surface area contributed by atoms with Crippen LogP contribution in [0.4, 0.5) is 0 Å². The zero-order valence-corrected chi connectivity index (χ0v) is 19.3. The molecule has 1 N–H and O–H groups in total. The summed E-state index contributed by atoms with van der Waals surface area (Å²) >= 11 is 0. The number of hydrogen-bond acceptors (Lipinski definition) is 4. The summed E-state index contributed by atoms with van der Waals surface area (Å²) in [5, 5.41) is 2.82. The second kappa shape index (κ2) is 12.3. The Morgan fingerprint density at radius 3 is 2.10 bits per heavy atom. The maximum atomic E-state index is 11.2. The van der Waals surface area contributed by atoms with Gasteiger partial charge in [-0.3, -0.25) is 9.69 Å². The van der Waals surface area contributed by atoms with Crippen molar-refractivity contribution >= 4 is 12.4 Å². The molecule has 2 fully saturated rings. The van der Waals surface area contributed by atoms with Crippen LogP contribution in [-0.4, -0.2) is 37.5 Å². The number of carbonyl (C=O) groups excluding carboxylic acids is 2. The summed E-state index contributed by atoms with van der Waals surface area (Å²) < 4.78 is 4.61. The van der Waals surface area contributed by atoms with Gasteiger partial charge in [0.15, 0.2) is 0 Å². The van der Waals surface area contributed by atoms with Gasteiger partial charge in [-0.25, -0.2) is 4.79 Å². The van der Waals surface area contributed by atoms with Crippen molar-refractivity contribution in [3.05, 3.63) is 70.8 Å². The maximum absolute atomic E-state index is 11.2. The van der Waals surface area contributed by atoms with Crippen LogP contribution in [0.1, 0.15) is 66.6 Å². The maximum Gasteiger partial charge on any atom is 0.337 e. The van der Waals surface area contributed by atoms with E-state index in [9.17, 15) is 9.59 Å². The van der Waals surface area contributed by atoms with Crippen LogP contribution in [0.5, 0.6) is 0 Å². The molecule has 1 heterocycles. The minimum absolute atomic E-state index is 0.198. The van der Waals surface area contributed by atoms with E-state index in [1.54, 1.807) is 12.1 Å². The fourth-order valence-electron chi connectivity index (χ4n) is 3.69. The molecule has 1 aliphatic heterocycles. The third kappa shape index (κ3) is 7.21. The molecule has 2 aromatic carbocycles. The van der Waals surface area contributed by atoms with Crippen LogP contribution in [0.15, 0.2) is 48.5 Å². The van der Waals surface area contributed by atoms with Crippen LogP contribution in [0.3, 0.4) is 0 Å². The van der Waals surface area contributed by atoms with Gasteiger partial charge in [-0.1, -0.05) is 55.8 Å². The topological polar surface area (TPSA) is 58.6 Å². The van der Waals surface area contributed by atoms with E-state index in [1.165, 1.54) is 44.2 Å². The van der Waals surface area contributed by atoms with Crippen LogP contribution in [-0.2, 0) is 21.6 Å². The fourth-order valence-corrected chi connectivity index (χ4v) is 3.69. The Kier molecular flexibility index (Phi) is 9.73. The third-order valence-electron chi connectivity index (χ3n) is 5.67. The number of hydrogen-bond donors (Lipinski definition) is 1. The normalized spacial score (nSPS) is 16.1. The first-order chi connectivity index (χ1) is 15.1. The smallest absolute Gasteiger partial charge is 0.337 e. The van der Waals surface area contributed by atoms with E-state index in [1.807, 2.05) is 26.0 Å². The Balaban J connectivity index is 0.000000208. The first kappa shape index (κ1) is 24.6. The van der Waals surface area contributed by atoms with Gasteiger partial charge in [0, 0.05) is 6.54 Å². The molecule has 0 bridgehead atoms. The van der Waals surface area contributed by atoms with Crippen molar-refractivity contribution < 1.29 is 14.3 Å².